The minimum atomic E-state index is -3.76. The molecule has 2 aromatic heterocycles. The van der Waals surface area contributed by atoms with Gasteiger partial charge in [-0.3, -0.25) is 0 Å². The number of hydrogen-bond acceptors (Lipinski definition) is 8. The highest BCUT2D eigenvalue weighted by Crippen LogP contribution is 2.26. The van der Waals surface area contributed by atoms with Gasteiger partial charge in [0, 0.05) is 12.1 Å². The third-order valence-electron chi connectivity index (χ3n) is 3.01. The van der Waals surface area contributed by atoms with E-state index in [9.17, 15) is 13.5 Å². The van der Waals surface area contributed by atoms with Crippen molar-refractivity contribution >= 4 is 49.7 Å². The zero-order valence-electron chi connectivity index (χ0n) is 12.3. The van der Waals surface area contributed by atoms with E-state index < -0.39 is 10.1 Å². The number of hydrogen-bond donors (Lipinski definition) is 3. The molecule has 9 nitrogen and oxygen atoms in total. The Bertz CT molecular complexity index is 1000. The van der Waals surface area contributed by atoms with Crippen molar-refractivity contribution in [3.8, 4) is 11.8 Å². The van der Waals surface area contributed by atoms with Crippen molar-refractivity contribution in [2.75, 3.05) is 11.6 Å². The minimum Gasteiger partial charge on any atom is -0.506 e. The number of H-pyrrole nitrogens is 1. The minimum absolute atomic E-state index is 0.174. The van der Waals surface area contributed by atoms with Gasteiger partial charge in [0.15, 0.2) is 11.5 Å². The van der Waals surface area contributed by atoms with Gasteiger partial charge in [0.2, 0.25) is 0 Å². The fourth-order valence-corrected chi connectivity index (χ4v) is 2.89. The molecule has 2 heterocycles. The molecule has 0 amide bonds. The number of nitrogens with one attached hydrogen (secondary N) is 2. The van der Waals surface area contributed by atoms with E-state index in [-0.39, 0.29) is 24.0 Å². The molecule has 0 aliphatic heterocycles. The van der Waals surface area contributed by atoms with Crippen LogP contribution < -0.4 is 9.50 Å². The zero-order chi connectivity index (χ0) is 17.3. The summed E-state index contributed by atoms with van der Waals surface area (Å²) in [7, 11) is -3.76. The summed E-state index contributed by atoms with van der Waals surface area (Å²) in [5.41, 5.74) is 1.43. The number of rotatable bonds is 5. The molecule has 0 spiro atoms. The number of anilines is 1. The molecule has 0 saturated heterocycles. The van der Waals surface area contributed by atoms with Crippen LogP contribution in [0.2, 0.25) is 0 Å². The highest BCUT2D eigenvalue weighted by Gasteiger charge is 2.15. The second-order valence-corrected chi connectivity index (χ2v) is 7.58. The van der Waals surface area contributed by atoms with Crippen LogP contribution in [0, 0.1) is 3.57 Å². The molecule has 0 aliphatic carbocycles. The summed E-state index contributed by atoms with van der Waals surface area (Å²) < 4.78 is 28.0. The van der Waals surface area contributed by atoms with Crippen LogP contribution in [0.1, 0.15) is 5.56 Å². The largest absolute Gasteiger partial charge is 0.506 e. The topological polar surface area (TPSA) is 130 Å². The summed E-state index contributed by atoms with van der Waals surface area (Å²) in [5.74, 6) is 0.488. The second-order valence-electron chi connectivity index (χ2n) is 4.84. The Balaban J connectivity index is 1.93. The summed E-state index contributed by atoms with van der Waals surface area (Å²) in [6.45, 7) is 0.270. The van der Waals surface area contributed by atoms with Gasteiger partial charge < -0.3 is 19.6 Å². The van der Waals surface area contributed by atoms with Crippen LogP contribution in [-0.2, 0) is 16.7 Å². The van der Waals surface area contributed by atoms with Gasteiger partial charge in [0.05, 0.1) is 16.2 Å². The van der Waals surface area contributed by atoms with Crippen LogP contribution in [0.4, 0.5) is 5.82 Å². The number of benzene rings is 1. The average Bonchev–Trinajstić information content (AvgIpc) is 2.95. The molecule has 126 valence electrons. The van der Waals surface area contributed by atoms with Crippen molar-refractivity contribution in [3.05, 3.63) is 33.7 Å². The van der Waals surface area contributed by atoms with Crippen LogP contribution in [0.15, 0.2) is 24.5 Å². The molecule has 24 heavy (non-hydrogen) atoms. The SMILES string of the molecule is CS(=O)(=O)Oc1nc(NCc2cccc(I)c2O)c2[nH]cnc2n1. The molecule has 1 aromatic carbocycles. The number of aromatic amines is 1. The lowest BCUT2D eigenvalue weighted by atomic mass is 10.2. The quantitative estimate of drug-likeness (QED) is 0.386. The number of nitrogens with zero attached hydrogens (tertiary/aromatic N) is 3. The molecule has 3 rings (SSSR count). The van der Waals surface area contributed by atoms with Crippen LogP contribution in [0.5, 0.6) is 11.8 Å². The molecular formula is C13H12IN5O4S. The van der Waals surface area contributed by atoms with Crippen molar-refractivity contribution in [1.82, 2.24) is 19.9 Å². The smallest absolute Gasteiger partial charge is 0.337 e. The summed E-state index contributed by atoms with van der Waals surface area (Å²) in [5, 5.41) is 13.1. The fraction of sp³-hybridized carbons (Fsp3) is 0.154. The van der Waals surface area contributed by atoms with E-state index in [0.717, 1.165) is 9.83 Å². The Morgan fingerprint density at radius 2 is 2.17 bits per heavy atom. The summed E-state index contributed by atoms with van der Waals surface area (Å²) in [4.78, 5) is 14.8. The maximum Gasteiger partial charge on any atom is 0.337 e. The number of halogens is 1. The molecule has 0 bridgehead atoms. The predicted octanol–water partition coefficient (Wildman–Crippen LogP) is 1.61. The third-order valence-corrected chi connectivity index (χ3v) is 4.33. The normalized spacial score (nSPS) is 11.6. The van der Waals surface area contributed by atoms with Gasteiger partial charge in [0.1, 0.15) is 11.3 Å². The molecule has 0 aliphatic rings. The van der Waals surface area contributed by atoms with Gasteiger partial charge >= 0.3 is 16.1 Å². The Labute approximate surface area is 150 Å². The van der Waals surface area contributed by atoms with Crippen molar-refractivity contribution < 1.29 is 17.7 Å². The standard InChI is InChI=1S/C13H12IN5O4S/c1-24(21,22)23-13-18-11(9-12(19-13)17-6-16-9)15-5-7-3-2-4-8(14)10(7)20/h2-4,6,20H,5H2,1H3,(H2,15,16,17,18,19). The Kier molecular flexibility index (Phi) is 4.45. The van der Waals surface area contributed by atoms with Crippen molar-refractivity contribution in [3.63, 3.8) is 0 Å². The molecule has 11 heteroatoms. The summed E-state index contributed by atoms with van der Waals surface area (Å²) >= 11 is 2.03. The lowest BCUT2D eigenvalue weighted by Gasteiger charge is -2.10. The number of imidazole rings is 1. The molecule has 0 unspecified atom stereocenters. The monoisotopic (exact) mass is 461 g/mol. The first kappa shape index (κ1) is 16.7. The Hall–Kier alpha value is -2.15. The van der Waals surface area contributed by atoms with E-state index in [4.69, 9.17) is 4.18 Å². The number of fused-ring (bicyclic) bond motifs is 1. The first-order valence-electron chi connectivity index (χ1n) is 6.64. The van der Waals surface area contributed by atoms with Gasteiger partial charge in [-0.15, -0.1) is 0 Å². The van der Waals surface area contributed by atoms with Gasteiger partial charge in [-0.1, -0.05) is 12.1 Å². The van der Waals surface area contributed by atoms with E-state index in [2.05, 4.69) is 25.3 Å². The van der Waals surface area contributed by atoms with Gasteiger partial charge in [-0.2, -0.15) is 18.4 Å². The fourth-order valence-electron chi connectivity index (χ4n) is 2.00. The number of phenols is 1. The Morgan fingerprint density at radius 3 is 2.92 bits per heavy atom. The van der Waals surface area contributed by atoms with Crippen LogP contribution in [0.25, 0.3) is 11.2 Å². The van der Waals surface area contributed by atoms with Gasteiger partial charge in [0.25, 0.3) is 0 Å². The maximum absolute atomic E-state index is 11.3. The first-order valence-corrected chi connectivity index (χ1v) is 9.54. The maximum atomic E-state index is 11.3. The lowest BCUT2D eigenvalue weighted by Crippen LogP contribution is -2.10. The lowest BCUT2D eigenvalue weighted by molar-refractivity contribution is 0.465. The van der Waals surface area contributed by atoms with Crippen molar-refractivity contribution in [1.29, 1.82) is 0 Å². The molecule has 0 radical (unpaired) electrons. The number of phenolic OH excluding ortho intramolecular Hbond substituents is 1. The van der Waals surface area contributed by atoms with Crippen LogP contribution in [-0.4, -0.2) is 39.7 Å². The summed E-state index contributed by atoms with van der Waals surface area (Å²) in [6.07, 6.45) is 2.32. The van der Waals surface area contributed by atoms with Crippen molar-refractivity contribution in [2.24, 2.45) is 0 Å². The molecule has 0 saturated carbocycles. The number of aromatic hydroxyl groups is 1. The first-order chi connectivity index (χ1) is 11.3. The summed E-state index contributed by atoms with van der Waals surface area (Å²) in [6, 6.07) is 5.05. The van der Waals surface area contributed by atoms with Gasteiger partial charge in [-0.05, 0) is 28.7 Å². The molecular weight excluding hydrogens is 449 g/mol. The highest BCUT2D eigenvalue weighted by atomic mass is 127. The van der Waals surface area contributed by atoms with E-state index in [1.165, 1.54) is 6.33 Å². The van der Waals surface area contributed by atoms with Crippen LogP contribution in [0.3, 0.4) is 0 Å². The third kappa shape index (κ3) is 3.67. The second kappa shape index (κ2) is 6.39. The van der Waals surface area contributed by atoms with Crippen molar-refractivity contribution in [2.45, 2.75) is 6.54 Å². The average molecular weight is 461 g/mol. The highest BCUT2D eigenvalue weighted by molar-refractivity contribution is 14.1. The molecule has 3 N–H and O–H groups in total. The zero-order valence-corrected chi connectivity index (χ0v) is 15.3. The Morgan fingerprint density at radius 1 is 1.38 bits per heavy atom. The van der Waals surface area contributed by atoms with E-state index in [0.29, 0.717) is 16.9 Å². The number of aromatic nitrogens is 4. The molecule has 3 aromatic rings. The van der Waals surface area contributed by atoms with Gasteiger partial charge in [-0.25, -0.2) is 4.98 Å². The van der Waals surface area contributed by atoms with E-state index in [1.54, 1.807) is 12.1 Å². The van der Waals surface area contributed by atoms with E-state index in [1.807, 2.05) is 28.7 Å². The predicted molar refractivity (Wildman–Crippen MR) is 95.3 cm³/mol. The van der Waals surface area contributed by atoms with Crippen LogP contribution >= 0.6 is 22.6 Å². The molecule has 0 atom stereocenters. The molecule has 0 fully saturated rings. The van der Waals surface area contributed by atoms with E-state index >= 15 is 0 Å². The number of para-hydroxylation sites is 1.